The molecule has 4 nitrogen and oxygen atoms in total. The Morgan fingerprint density at radius 1 is 1.39 bits per heavy atom. The Hall–Kier alpha value is -1.91. The number of halogens is 1. The van der Waals surface area contributed by atoms with Crippen LogP contribution >= 0.6 is 0 Å². The van der Waals surface area contributed by atoms with Gasteiger partial charge in [0.25, 0.3) is 6.47 Å². The molecular weight excluding hydrogens is 237 g/mol. The molecule has 1 atom stereocenters. The minimum absolute atomic E-state index is 0.0558. The van der Waals surface area contributed by atoms with Crippen LogP contribution in [0.4, 0.5) is 4.39 Å². The van der Waals surface area contributed by atoms with Gasteiger partial charge in [0.15, 0.2) is 11.6 Å². The van der Waals surface area contributed by atoms with E-state index in [-0.39, 0.29) is 24.2 Å². The maximum atomic E-state index is 13.5. The van der Waals surface area contributed by atoms with Gasteiger partial charge in [-0.1, -0.05) is 19.9 Å². The van der Waals surface area contributed by atoms with Gasteiger partial charge < -0.3 is 10.1 Å². The number of ether oxygens (including phenoxy) is 1. The largest absolute Gasteiger partial charge is 0.426 e. The summed E-state index contributed by atoms with van der Waals surface area (Å²) in [6.07, 6.45) is 1.17. The van der Waals surface area contributed by atoms with E-state index in [1.807, 2.05) is 13.8 Å². The van der Waals surface area contributed by atoms with Crippen LogP contribution in [0.5, 0.6) is 5.75 Å². The number of hydrogen-bond donors (Lipinski definition) is 1. The maximum Gasteiger partial charge on any atom is 0.298 e. The molecule has 1 aromatic carbocycles. The van der Waals surface area contributed by atoms with E-state index >= 15 is 0 Å². The smallest absolute Gasteiger partial charge is 0.298 e. The van der Waals surface area contributed by atoms with Crippen LogP contribution in [-0.4, -0.2) is 18.9 Å². The Balaban J connectivity index is 2.80. The standard InChI is InChI=1S/C13H16FNO3/c1-9(2)12(15-7-16)6-10-3-4-13(18-8-17)11(14)5-10/h3-5,7-9,12H,6H2,1-2H3,(H,15,16). The van der Waals surface area contributed by atoms with Crippen molar-refractivity contribution in [2.45, 2.75) is 26.3 Å². The molecule has 1 aromatic rings. The molecule has 0 aliphatic heterocycles. The van der Waals surface area contributed by atoms with Crippen molar-refractivity contribution in [2.75, 3.05) is 0 Å². The van der Waals surface area contributed by atoms with Gasteiger partial charge in [0.05, 0.1) is 0 Å². The van der Waals surface area contributed by atoms with Crippen molar-refractivity contribution in [3.8, 4) is 5.75 Å². The highest BCUT2D eigenvalue weighted by atomic mass is 19.1. The third-order valence-corrected chi connectivity index (χ3v) is 2.71. The fourth-order valence-corrected chi connectivity index (χ4v) is 1.65. The molecule has 1 unspecified atom stereocenters. The molecule has 1 rings (SSSR count). The molecule has 5 heteroatoms. The zero-order chi connectivity index (χ0) is 13.5. The Bertz CT molecular complexity index is 421. The van der Waals surface area contributed by atoms with E-state index in [1.165, 1.54) is 12.1 Å². The zero-order valence-electron chi connectivity index (χ0n) is 10.4. The van der Waals surface area contributed by atoms with Gasteiger partial charge in [-0.25, -0.2) is 4.39 Å². The van der Waals surface area contributed by atoms with Gasteiger partial charge in [-0.2, -0.15) is 0 Å². The minimum Gasteiger partial charge on any atom is -0.426 e. The zero-order valence-corrected chi connectivity index (χ0v) is 10.4. The van der Waals surface area contributed by atoms with Crippen molar-refractivity contribution in [1.29, 1.82) is 0 Å². The van der Waals surface area contributed by atoms with Crippen LogP contribution in [-0.2, 0) is 16.0 Å². The third kappa shape index (κ3) is 3.84. The lowest BCUT2D eigenvalue weighted by Gasteiger charge is -2.20. The van der Waals surface area contributed by atoms with E-state index in [0.717, 1.165) is 5.56 Å². The van der Waals surface area contributed by atoms with E-state index in [9.17, 15) is 14.0 Å². The van der Waals surface area contributed by atoms with Crippen LogP contribution in [0.1, 0.15) is 19.4 Å². The van der Waals surface area contributed by atoms with Crippen molar-refractivity contribution >= 4 is 12.9 Å². The van der Waals surface area contributed by atoms with Crippen molar-refractivity contribution in [3.63, 3.8) is 0 Å². The first-order valence-corrected chi connectivity index (χ1v) is 5.67. The molecule has 0 bridgehead atoms. The highest BCUT2D eigenvalue weighted by Crippen LogP contribution is 2.19. The summed E-state index contributed by atoms with van der Waals surface area (Å²) in [5.74, 6) is -0.449. The van der Waals surface area contributed by atoms with Crippen LogP contribution in [0.2, 0.25) is 0 Å². The van der Waals surface area contributed by atoms with Gasteiger partial charge in [-0.15, -0.1) is 0 Å². The molecule has 0 spiro atoms. The molecule has 0 radical (unpaired) electrons. The summed E-state index contributed by atoms with van der Waals surface area (Å²) >= 11 is 0. The lowest BCUT2D eigenvalue weighted by Crippen LogP contribution is -2.34. The van der Waals surface area contributed by atoms with E-state index in [2.05, 4.69) is 10.1 Å². The van der Waals surface area contributed by atoms with E-state index < -0.39 is 5.82 Å². The third-order valence-electron chi connectivity index (χ3n) is 2.71. The summed E-state index contributed by atoms with van der Waals surface area (Å²) in [6, 6.07) is 4.32. The van der Waals surface area contributed by atoms with Gasteiger partial charge in [-0.3, -0.25) is 9.59 Å². The lowest BCUT2D eigenvalue weighted by atomic mass is 9.96. The van der Waals surface area contributed by atoms with Crippen LogP contribution in [0.25, 0.3) is 0 Å². The van der Waals surface area contributed by atoms with Crippen LogP contribution in [0.3, 0.4) is 0 Å². The summed E-state index contributed by atoms with van der Waals surface area (Å²) in [4.78, 5) is 20.6. The normalized spacial score (nSPS) is 12.0. The molecule has 0 fully saturated rings. The average Bonchev–Trinajstić information content (AvgIpc) is 2.32. The second-order valence-corrected chi connectivity index (χ2v) is 4.32. The van der Waals surface area contributed by atoms with Crippen molar-refractivity contribution in [3.05, 3.63) is 29.6 Å². The van der Waals surface area contributed by atoms with Gasteiger partial charge in [-0.05, 0) is 30.0 Å². The summed E-state index contributed by atoms with van der Waals surface area (Å²) in [6.45, 7) is 4.13. The first-order chi connectivity index (χ1) is 8.58. The number of rotatable bonds is 7. The van der Waals surface area contributed by atoms with Crippen molar-refractivity contribution in [2.24, 2.45) is 5.92 Å². The van der Waals surface area contributed by atoms with Gasteiger partial charge in [0.2, 0.25) is 6.41 Å². The van der Waals surface area contributed by atoms with E-state index in [4.69, 9.17) is 0 Å². The molecule has 98 valence electrons. The molecule has 0 aliphatic carbocycles. The number of hydrogen-bond acceptors (Lipinski definition) is 3. The maximum absolute atomic E-state index is 13.5. The van der Waals surface area contributed by atoms with E-state index in [0.29, 0.717) is 12.8 Å². The predicted molar refractivity (Wildman–Crippen MR) is 64.6 cm³/mol. The SMILES string of the molecule is CC(C)C(Cc1ccc(OC=O)c(F)c1)NC=O. The predicted octanol–water partition coefficient (Wildman–Crippen LogP) is 1.67. The minimum atomic E-state index is -0.590. The Kier molecular flexibility index (Phi) is 5.30. The average molecular weight is 253 g/mol. The number of nitrogens with one attached hydrogen (secondary N) is 1. The molecule has 1 N–H and O–H groups in total. The fraction of sp³-hybridized carbons (Fsp3) is 0.385. The second kappa shape index (κ2) is 6.74. The topological polar surface area (TPSA) is 55.4 Å². The van der Waals surface area contributed by atoms with Gasteiger partial charge >= 0.3 is 0 Å². The molecule has 0 aromatic heterocycles. The Labute approximate surface area is 105 Å². The number of amides is 1. The molecule has 1 amide bonds. The van der Waals surface area contributed by atoms with Gasteiger partial charge in [0, 0.05) is 6.04 Å². The molecular formula is C13H16FNO3. The number of benzene rings is 1. The first-order valence-electron chi connectivity index (χ1n) is 5.67. The monoisotopic (exact) mass is 253 g/mol. The molecule has 0 saturated heterocycles. The molecule has 0 aliphatic rings. The lowest BCUT2D eigenvalue weighted by molar-refractivity contribution is -0.120. The highest BCUT2D eigenvalue weighted by molar-refractivity contribution is 5.47. The second-order valence-electron chi connectivity index (χ2n) is 4.32. The van der Waals surface area contributed by atoms with Crippen molar-refractivity contribution < 1.29 is 18.7 Å². The molecule has 18 heavy (non-hydrogen) atoms. The number of carbonyl (C=O) groups is 2. The van der Waals surface area contributed by atoms with Crippen LogP contribution in [0, 0.1) is 11.7 Å². The molecule has 0 saturated carbocycles. The van der Waals surface area contributed by atoms with Crippen molar-refractivity contribution in [1.82, 2.24) is 5.32 Å². The summed E-state index contributed by atoms with van der Waals surface area (Å²) < 4.78 is 18.0. The van der Waals surface area contributed by atoms with Crippen LogP contribution < -0.4 is 10.1 Å². The summed E-state index contributed by atoms with van der Waals surface area (Å²) in [5.41, 5.74) is 0.735. The summed E-state index contributed by atoms with van der Waals surface area (Å²) in [7, 11) is 0. The quantitative estimate of drug-likeness (QED) is 0.752. The highest BCUT2D eigenvalue weighted by Gasteiger charge is 2.14. The van der Waals surface area contributed by atoms with E-state index in [1.54, 1.807) is 6.07 Å². The van der Waals surface area contributed by atoms with Gasteiger partial charge in [0.1, 0.15) is 0 Å². The summed E-state index contributed by atoms with van der Waals surface area (Å²) in [5, 5.41) is 2.70. The fourth-order valence-electron chi connectivity index (χ4n) is 1.65. The molecule has 0 heterocycles. The van der Waals surface area contributed by atoms with Crippen LogP contribution in [0.15, 0.2) is 18.2 Å². The Morgan fingerprint density at radius 2 is 2.11 bits per heavy atom. The number of carbonyl (C=O) groups excluding carboxylic acids is 2. The first kappa shape index (κ1) is 14.2. The Morgan fingerprint density at radius 3 is 2.61 bits per heavy atom.